The Morgan fingerprint density at radius 1 is 1.64 bits per heavy atom. The molecule has 0 aromatic heterocycles. The summed E-state index contributed by atoms with van der Waals surface area (Å²) < 4.78 is 4.94. The van der Waals surface area contributed by atoms with Crippen molar-refractivity contribution in [2.24, 2.45) is 5.73 Å². The van der Waals surface area contributed by atoms with Crippen molar-refractivity contribution in [2.75, 3.05) is 0 Å². The van der Waals surface area contributed by atoms with Gasteiger partial charge in [0.1, 0.15) is 5.54 Å². The normalized spacial score (nSPS) is 16.2. The van der Waals surface area contributed by atoms with Crippen LogP contribution in [0, 0.1) is 0 Å². The molecule has 0 saturated heterocycles. The van der Waals surface area contributed by atoms with E-state index in [1.807, 2.05) is 20.8 Å². The maximum Gasteiger partial charge on any atom is 0.326 e. The molecule has 0 aromatic carbocycles. The number of carbonyl (C=O) groups is 1. The van der Waals surface area contributed by atoms with Crippen molar-refractivity contribution in [1.29, 1.82) is 0 Å². The molecule has 66 valence electrons. The van der Waals surface area contributed by atoms with Gasteiger partial charge in [-0.2, -0.15) is 0 Å². The first kappa shape index (κ1) is 10.4. The van der Waals surface area contributed by atoms with E-state index in [2.05, 4.69) is 0 Å². The van der Waals surface area contributed by atoms with Crippen LogP contribution in [-0.2, 0) is 9.53 Å². The van der Waals surface area contributed by atoms with Gasteiger partial charge in [0, 0.05) is 0 Å². The van der Waals surface area contributed by atoms with Crippen molar-refractivity contribution in [3.63, 3.8) is 0 Å². The van der Waals surface area contributed by atoms with Gasteiger partial charge < -0.3 is 10.5 Å². The number of carbonyl (C=O) groups excluding carboxylic acids is 1. The van der Waals surface area contributed by atoms with Gasteiger partial charge in [-0.05, 0) is 27.2 Å². The van der Waals surface area contributed by atoms with Crippen LogP contribution >= 0.6 is 0 Å². The molecule has 3 heteroatoms. The van der Waals surface area contributed by atoms with Gasteiger partial charge in [0.15, 0.2) is 0 Å². The molecule has 1 atom stereocenters. The highest BCUT2D eigenvalue weighted by Crippen LogP contribution is 2.08. The average molecular weight is 159 g/mol. The Hall–Kier alpha value is -0.570. The Labute approximate surface area is 67.9 Å². The Morgan fingerprint density at radius 3 is 2.36 bits per heavy atom. The van der Waals surface area contributed by atoms with Crippen molar-refractivity contribution >= 4 is 5.97 Å². The molecule has 2 N–H and O–H groups in total. The minimum Gasteiger partial charge on any atom is -0.462 e. The molecule has 0 radical (unpaired) electrons. The molecular formula is C8H17NO2. The van der Waals surface area contributed by atoms with Gasteiger partial charge in [-0.15, -0.1) is 0 Å². The second kappa shape index (κ2) is 3.72. The third-order valence-corrected chi connectivity index (χ3v) is 1.54. The summed E-state index contributed by atoms with van der Waals surface area (Å²) in [5, 5.41) is 0. The minimum atomic E-state index is -0.829. The molecule has 0 saturated carbocycles. The summed E-state index contributed by atoms with van der Waals surface area (Å²) in [6, 6.07) is 0. The average Bonchev–Trinajstić information content (AvgIpc) is 1.86. The third-order valence-electron chi connectivity index (χ3n) is 1.54. The maximum atomic E-state index is 11.2. The van der Waals surface area contributed by atoms with Crippen molar-refractivity contribution < 1.29 is 9.53 Å². The highest BCUT2D eigenvalue weighted by atomic mass is 16.5. The number of ether oxygens (including phenoxy) is 1. The summed E-state index contributed by atoms with van der Waals surface area (Å²) >= 11 is 0. The zero-order valence-electron chi connectivity index (χ0n) is 7.68. The monoisotopic (exact) mass is 159 g/mol. The summed E-state index contributed by atoms with van der Waals surface area (Å²) in [4.78, 5) is 11.2. The maximum absolute atomic E-state index is 11.2. The van der Waals surface area contributed by atoms with Crippen LogP contribution in [0.2, 0.25) is 0 Å². The summed E-state index contributed by atoms with van der Waals surface area (Å²) in [5.74, 6) is -0.324. The molecule has 0 amide bonds. The fraction of sp³-hybridized carbons (Fsp3) is 0.875. The summed E-state index contributed by atoms with van der Waals surface area (Å²) in [5.41, 5.74) is 4.80. The lowest BCUT2D eigenvalue weighted by molar-refractivity contribution is -0.153. The number of hydrogen-bond donors (Lipinski definition) is 1. The molecule has 0 fully saturated rings. The van der Waals surface area contributed by atoms with E-state index >= 15 is 0 Å². The molecule has 11 heavy (non-hydrogen) atoms. The van der Waals surface area contributed by atoms with E-state index in [-0.39, 0.29) is 12.1 Å². The summed E-state index contributed by atoms with van der Waals surface area (Å²) in [6.45, 7) is 7.16. The van der Waals surface area contributed by atoms with Crippen LogP contribution in [0.15, 0.2) is 0 Å². The van der Waals surface area contributed by atoms with Crippen LogP contribution in [0.25, 0.3) is 0 Å². The van der Waals surface area contributed by atoms with Crippen LogP contribution in [0.3, 0.4) is 0 Å². The predicted molar refractivity (Wildman–Crippen MR) is 44.1 cm³/mol. The van der Waals surface area contributed by atoms with E-state index < -0.39 is 5.54 Å². The Morgan fingerprint density at radius 2 is 2.09 bits per heavy atom. The number of rotatable bonds is 3. The van der Waals surface area contributed by atoms with Crippen molar-refractivity contribution in [2.45, 2.75) is 45.8 Å². The van der Waals surface area contributed by atoms with E-state index in [9.17, 15) is 4.79 Å². The standard InChI is InChI=1S/C8H17NO2/c1-5-8(4,9)7(10)11-6(2)3/h6H,5,9H2,1-4H3/t8-/m1/s1. The second-order valence-corrected chi connectivity index (χ2v) is 3.23. The molecule has 0 aliphatic rings. The highest BCUT2D eigenvalue weighted by Gasteiger charge is 2.28. The molecule has 0 heterocycles. The number of esters is 1. The minimum absolute atomic E-state index is 0.0862. The first-order chi connectivity index (χ1) is 4.90. The SMILES string of the molecule is CC[C@@](C)(N)C(=O)OC(C)C. The van der Waals surface area contributed by atoms with E-state index in [0.717, 1.165) is 0 Å². The zero-order valence-corrected chi connectivity index (χ0v) is 7.68. The lowest BCUT2D eigenvalue weighted by Crippen LogP contribution is -2.46. The van der Waals surface area contributed by atoms with Crippen LogP contribution in [-0.4, -0.2) is 17.6 Å². The molecule has 0 aliphatic heterocycles. The van der Waals surface area contributed by atoms with Gasteiger partial charge in [-0.1, -0.05) is 6.92 Å². The van der Waals surface area contributed by atoms with Gasteiger partial charge in [-0.3, -0.25) is 4.79 Å². The van der Waals surface area contributed by atoms with E-state index in [0.29, 0.717) is 6.42 Å². The van der Waals surface area contributed by atoms with Crippen LogP contribution in [0.1, 0.15) is 34.1 Å². The van der Waals surface area contributed by atoms with Crippen LogP contribution in [0.4, 0.5) is 0 Å². The fourth-order valence-electron chi connectivity index (χ4n) is 0.493. The summed E-state index contributed by atoms with van der Waals surface area (Å²) in [7, 11) is 0. The van der Waals surface area contributed by atoms with Crippen molar-refractivity contribution in [3.8, 4) is 0 Å². The van der Waals surface area contributed by atoms with Gasteiger partial charge in [0.05, 0.1) is 6.10 Å². The Balaban J connectivity index is 4.02. The first-order valence-electron chi connectivity index (χ1n) is 3.90. The molecule has 0 bridgehead atoms. The molecular weight excluding hydrogens is 142 g/mol. The predicted octanol–water partition coefficient (Wildman–Crippen LogP) is 1.07. The van der Waals surface area contributed by atoms with E-state index in [4.69, 9.17) is 10.5 Å². The second-order valence-electron chi connectivity index (χ2n) is 3.23. The molecule has 0 rings (SSSR count). The lowest BCUT2D eigenvalue weighted by atomic mass is 10.0. The molecule has 0 spiro atoms. The molecule has 3 nitrogen and oxygen atoms in total. The molecule has 0 aromatic rings. The largest absolute Gasteiger partial charge is 0.462 e. The summed E-state index contributed by atoms with van der Waals surface area (Å²) in [6.07, 6.45) is 0.510. The Kier molecular flexibility index (Phi) is 3.52. The quantitative estimate of drug-likeness (QED) is 0.626. The van der Waals surface area contributed by atoms with Crippen molar-refractivity contribution in [1.82, 2.24) is 0 Å². The van der Waals surface area contributed by atoms with Crippen molar-refractivity contribution in [3.05, 3.63) is 0 Å². The van der Waals surface area contributed by atoms with Crippen LogP contribution in [0.5, 0.6) is 0 Å². The molecule has 0 aliphatic carbocycles. The zero-order chi connectivity index (χ0) is 9.07. The van der Waals surface area contributed by atoms with Crippen LogP contribution < -0.4 is 5.73 Å². The first-order valence-corrected chi connectivity index (χ1v) is 3.90. The third kappa shape index (κ3) is 3.37. The van der Waals surface area contributed by atoms with Gasteiger partial charge in [0.25, 0.3) is 0 Å². The fourth-order valence-corrected chi connectivity index (χ4v) is 0.493. The number of hydrogen-bond acceptors (Lipinski definition) is 3. The van der Waals surface area contributed by atoms with E-state index in [1.54, 1.807) is 6.92 Å². The topological polar surface area (TPSA) is 52.3 Å². The number of nitrogens with two attached hydrogens (primary N) is 1. The lowest BCUT2D eigenvalue weighted by Gasteiger charge is -2.21. The highest BCUT2D eigenvalue weighted by molar-refractivity contribution is 5.79. The van der Waals surface area contributed by atoms with Gasteiger partial charge in [0.2, 0.25) is 0 Å². The smallest absolute Gasteiger partial charge is 0.326 e. The molecule has 0 unspecified atom stereocenters. The van der Waals surface area contributed by atoms with Gasteiger partial charge in [-0.25, -0.2) is 0 Å². The van der Waals surface area contributed by atoms with Gasteiger partial charge >= 0.3 is 5.97 Å². The Bertz CT molecular complexity index is 141. The van der Waals surface area contributed by atoms with E-state index in [1.165, 1.54) is 0 Å².